The van der Waals surface area contributed by atoms with Crippen LogP contribution in [-0.4, -0.2) is 37.0 Å². The van der Waals surface area contributed by atoms with Crippen LogP contribution in [0.15, 0.2) is 48.5 Å². The summed E-state index contributed by atoms with van der Waals surface area (Å²) in [5, 5.41) is 6.85. The van der Waals surface area contributed by atoms with Gasteiger partial charge in [-0.3, -0.25) is 9.69 Å². The van der Waals surface area contributed by atoms with Crippen LogP contribution in [0.2, 0.25) is 5.02 Å². The van der Waals surface area contributed by atoms with Crippen molar-refractivity contribution in [3.05, 3.63) is 70.5 Å². The lowest BCUT2D eigenvalue weighted by Crippen LogP contribution is -2.49. The van der Waals surface area contributed by atoms with Gasteiger partial charge in [-0.25, -0.2) is 4.39 Å². The van der Waals surface area contributed by atoms with Crippen molar-refractivity contribution >= 4 is 17.5 Å². The van der Waals surface area contributed by atoms with Crippen LogP contribution in [0.1, 0.15) is 17.2 Å². The zero-order chi connectivity index (χ0) is 17.6. The number of rotatable bonds is 5. The molecule has 1 aliphatic heterocycles. The third-order valence-corrected chi connectivity index (χ3v) is 4.74. The molecule has 1 saturated heterocycles. The van der Waals surface area contributed by atoms with Gasteiger partial charge in [-0.2, -0.15) is 0 Å². The minimum Gasteiger partial charge on any atom is -0.351 e. The second kappa shape index (κ2) is 8.43. The highest BCUT2D eigenvalue weighted by molar-refractivity contribution is 6.31. The summed E-state index contributed by atoms with van der Waals surface area (Å²) in [4.78, 5) is 14.4. The van der Waals surface area contributed by atoms with Crippen LogP contribution >= 0.6 is 11.6 Å². The van der Waals surface area contributed by atoms with Crippen LogP contribution < -0.4 is 10.6 Å². The molecule has 25 heavy (non-hydrogen) atoms. The van der Waals surface area contributed by atoms with Gasteiger partial charge < -0.3 is 10.6 Å². The highest BCUT2D eigenvalue weighted by Crippen LogP contribution is 2.28. The molecular weight excluding hydrogens is 341 g/mol. The number of piperazine rings is 1. The number of hydrogen-bond acceptors (Lipinski definition) is 3. The average Bonchev–Trinajstić information content (AvgIpc) is 2.62. The van der Waals surface area contributed by atoms with E-state index in [0.29, 0.717) is 10.6 Å². The van der Waals surface area contributed by atoms with Crippen LogP contribution in [0.5, 0.6) is 0 Å². The molecule has 0 saturated carbocycles. The van der Waals surface area contributed by atoms with E-state index in [2.05, 4.69) is 15.5 Å². The van der Waals surface area contributed by atoms with E-state index in [9.17, 15) is 9.18 Å². The number of nitrogens with one attached hydrogen (secondary N) is 2. The topological polar surface area (TPSA) is 44.4 Å². The maximum Gasteiger partial charge on any atom is 0.234 e. The van der Waals surface area contributed by atoms with Gasteiger partial charge in [-0.15, -0.1) is 0 Å². The summed E-state index contributed by atoms with van der Waals surface area (Å²) < 4.78 is 13.6. The fraction of sp³-hybridized carbons (Fsp3) is 0.316. The number of hydrogen-bond donors (Lipinski definition) is 2. The monoisotopic (exact) mass is 361 g/mol. The minimum atomic E-state index is -0.307. The molecule has 1 aliphatic rings. The molecular formula is C19H21ClFN3O. The summed E-state index contributed by atoms with van der Waals surface area (Å²) in [5.74, 6) is -0.430. The van der Waals surface area contributed by atoms with E-state index in [0.717, 1.165) is 25.2 Å². The highest BCUT2D eigenvalue weighted by Gasteiger charge is 2.26. The number of carbonyl (C=O) groups is 1. The molecule has 0 aliphatic carbocycles. The van der Waals surface area contributed by atoms with Crippen molar-refractivity contribution in [1.29, 1.82) is 0 Å². The van der Waals surface area contributed by atoms with Gasteiger partial charge in [0.05, 0.1) is 6.54 Å². The maximum absolute atomic E-state index is 13.6. The summed E-state index contributed by atoms with van der Waals surface area (Å²) in [6, 6.07) is 14.2. The molecule has 1 fully saturated rings. The van der Waals surface area contributed by atoms with Crippen molar-refractivity contribution in [2.75, 3.05) is 26.2 Å². The molecule has 1 unspecified atom stereocenters. The smallest absolute Gasteiger partial charge is 0.234 e. The molecule has 1 heterocycles. The van der Waals surface area contributed by atoms with Gasteiger partial charge in [0.2, 0.25) is 5.91 Å². The first-order chi connectivity index (χ1) is 12.1. The van der Waals surface area contributed by atoms with E-state index in [1.165, 1.54) is 6.07 Å². The number of halogens is 2. The van der Waals surface area contributed by atoms with Gasteiger partial charge in [0.15, 0.2) is 0 Å². The van der Waals surface area contributed by atoms with Crippen LogP contribution in [0.3, 0.4) is 0 Å². The Morgan fingerprint density at radius 2 is 2.00 bits per heavy atom. The molecule has 2 N–H and O–H groups in total. The van der Waals surface area contributed by atoms with Crippen LogP contribution in [-0.2, 0) is 11.3 Å². The Bertz CT molecular complexity index is 740. The molecule has 2 aromatic carbocycles. The van der Waals surface area contributed by atoms with Gasteiger partial charge in [0, 0.05) is 42.8 Å². The van der Waals surface area contributed by atoms with E-state index in [1.807, 2.05) is 24.3 Å². The summed E-state index contributed by atoms with van der Waals surface area (Å²) in [6.45, 7) is 2.76. The Kier molecular flexibility index (Phi) is 6.02. The predicted octanol–water partition coefficient (Wildman–Crippen LogP) is 2.74. The lowest BCUT2D eigenvalue weighted by molar-refractivity contribution is -0.123. The Labute approximate surface area is 152 Å². The average molecular weight is 362 g/mol. The molecule has 0 bridgehead atoms. The number of amides is 1. The van der Waals surface area contributed by atoms with E-state index < -0.39 is 0 Å². The molecule has 132 valence electrons. The Balaban J connectivity index is 1.62. The van der Waals surface area contributed by atoms with E-state index in [4.69, 9.17) is 11.6 Å². The molecule has 1 atom stereocenters. The number of benzene rings is 2. The fourth-order valence-corrected chi connectivity index (χ4v) is 3.33. The first-order valence-corrected chi connectivity index (χ1v) is 8.72. The van der Waals surface area contributed by atoms with E-state index >= 15 is 0 Å². The van der Waals surface area contributed by atoms with Crippen molar-refractivity contribution in [1.82, 2.24) is 15.5 Å². The summed E-state index contributed by atoms with van der Waals surface area (Å²) >= 11 is 6.32. The lowest BCUT2D eigenvalue weighted by atomic mass is 10.0. The second-order valence-electron chi connectivity index (χ2n) is 6.08. The van der Waals surface area contributed by atoms with E-state index in [1.54, 1.807) is 18.2 Å². The first kappa shape index (κ1) is 17.9. The predicted molar refractivity (Wildman–Crippen MR) is 96.9 cm³/mol. The minimum absolute atomic E-state index is 0.0432. The van der Waals surface area contributed by atoms with Crippen molar-refractivity contribution in [2.24, 2.45) is 0 Å². The number of carbonyl (C=O) groups excluding carboxylic acids is 1. The van der Waals surface area contributed by atoms with Crippen LogP contribution in [0, 0.1) is 5.82 Å². The van der Waals surface area contributed by atoms with Gasteiger partial charge in [0.1, 0.15) is 5.82 Å². The Morgan fingerprint density at radius 1 is 1.24 bits per heavy atom. The van der Waals surface area contributed by atoms with Crippen LogP contribution in [0.4, 0.5) is 4.39 Å². The zero-order valence-electron chi connectivity index (χ0n) is 13.8. The highest BCUT2D eigenvalue weighted by atomic mass is 35.5. The summed E-state index contributed by atoms with van der Waals surface area (Å²) in [7, 11) is 0. The quantitative estimate of drug-likeness (QED) is 0.860. The van der Waals surface area contributed by atoms with Crippen molar-refractivity contribution in [3.8, 4) is 0 Å². The molecule has 0 spiro atoms. The van der Waals surface area contributed by atoms with Crippen molar-refractivity contribution in [3.63, 3.8) is 0 Å². The summed E-state index contributed by atoms with van der Waals surface area (Å²) in [5.41, 5.74) is 1.50. The molecule has 0 aromatic heterocycles. The third kappa shape index (κ3) is 4.57. The molecule has 2 aromatic rings. The largest absolute Gasteiger partial charge is 0.351 e. The summed E-state index contributed by atoms with van der Waals surface area (Å²) in [6.07, 6.45) is 0. The molecule has 3 rings (SSSR count). The first-order valence-electron chi connectivity index (χ1n) is 8.34. The van der Waals surface area contributed by atoms with Gasteiger partial charge in [-0.05, 0) is 17.7 Å². The molecule has 1 amide bonds. The van der Waals surface area contributed by atoms with E-state index in [-0.39, 0.29) is 30.9 Å². The van der Waals surface area contributed by atoms with Crippen molar-refractivity contribution in [2.45, 2.75) is 12.6 Å². The maximum atomic E-state index is 13.6. The third-order valence-electron chi connectivity index (χ3n) is 4.40. The lowest BCUT2D eigenvalue weighted by Gasteiger charge is -2.36. The van der Waals surface area contributed by atoms with Crippen LogP contribution in [0.25, 0.3) is 0 Å². The fourth-order valence-electron chi connectivity index (χ4n) is 3.06. The molecule has 4 nitrogen and oxygen atoms in total. The normalized spacial score (nSPS) is 18.1. The van der Waals surface area contributed by atoms with Gasteiger partial charge in [-0.1, -0.05) is 48.0 Å². The van der Waals surface area contributed by atoms with Crippen molar-refractivity contribution < 1.29 is 9.18 Å². The standard InChI is InChI=1S/C19H21ClFN3O/c20-16-7-3-2-6-15(16)18-12-22-9-10-24(18)13-19(25)23-11-14-5-1-4-8-17(14)21/h1-8,18,22H,9-13H2,(H,23,25). The SMILES string of the molecule is O=C(CN1CCNCC1c1ccccc1Cl)NCc1ccccc1F. The zero-order valence-corrected chi connectivity index (χ0v) is 14.6. The van der Waals surface area contributed by atoms with Gasteiger partial charge >= 0.3 is 0 Å². The Hall–Kier alpha value is -1.95. The Morgan fingerprint density at radius 3 is 2.80 bits per heavy atom. The molecule has 0 radical (unpaired) electrons. The number of nitrogens with zero attached hydrogens (tertiary/aromatic N) is 1. The second-order valence-corrected chi connectivity index (χ2v) is 6.49. The van der Waals surface area contributed by atoms with Gasteiger partial charge in [0.25, 0.3) is 0 Å². The molecule has 6 heteroatoms.